The van der Waals surface area contributed by atoms with Gasteiger partial charge in [-0.05, 0) is 36.4 Å². The summed E-state index contributed by atoms with van der Waals surface area (Å²) in [7, 11) is 0. The van der Waals surface area contributed by atoms with Crippen molar-refractivity contribution in [3.8, 4) is 28.3 Å². The van der Waals surface area contributed by atoms with Crippen molar-refractivity contribution in [2.24, 2.45) is 0 Å². The van der Waals surface area contributed by atoms with Gasteiger partial charge in [0.25, 0.3) is 0 Å². The molecule has 3 aromatic rings. The number of aromatic hydroxyl groups is 1. The van der Waals surface area contributed by atoms with E-state index in [1.54, 1.807) is 12.1 Å². The Morgan fingerprint density at radius 1 is 1.04 bits per heavy atom. The fourth-order valence-corrected chi connectivity index (χ4v) is 2.48. The van der Waals surface area contributed by atoms with Crippen LogP contribution >= 0.6 is 23.2 Å². The maximum absolute atomic E-state index is 14.2. The Morgan fingerprint density at radius 2 is 1.83 bits per heavy atom. The number of nitrogens with zero attached hydrogens (tertiary/aromatic N) is 2. The summed E-state index contributed by atoms with van der Waals surface area (Å²) in [6.07, 6.45) is 1.37. The zero-order valence-electron chi connectivity index (χ0n) is 11.6. The second-order valence-electron chi connectivity index (χ2n) is 4.78. The van der Waals surface area contributed by atoms with Gasteiger partial charge in [0.2, 0.25) is 0 Å². The molecule has 0 aliphatic carbocycles. The summed E-state index contributed by atoms with van der Waals surface area (Å²) in [5, 5.41) is 9.96. The predicted octanol–water partition coefficient (Wildman–Crippen LogP) is 4.54. The molecule has 0 bridgehead atoms. The van der Waals surface area contributed by atoms with Crippen LogP contribution < -0.4 is 5.73 Å². The average molecular weight is 350 g/mol. The number of nitrogen functional groups attached to an aromatic ring is 1. The summed E-state index contributed by atoms with van der Waals surface area (Å²) in [6.45, 7) is 0. The van der Waals surface area contributed by atoms with E-state index in [0.29, 0.717) is 11.3 Å². The van der Waals surface area contributed by atoms with Crippen molar-refractivity contribution in [3.63, 3.8) is 0 Å². The zero-order chi connectivity index (χ0) is 16.6. The Bertz CT molecular complexity index is 902. The Balaban J connectivity index is 2.24. The number of nitrogens with two attached hydrogens (primary N) is 1. The summed E-state index contributed by atoms with van der Waals surface area (Å²) in [5.41, 5.74) is 7.13. The number of rotatable bonds is 2. The second-order valence-corrected chi connectivity index (χ2v) is 5.63. The summed E-state index contributed by atoms with van der Waals surface area (Å²) >= 11 is 11.7. The summed E-state index contributed by atoms with van der Waals surface area (Å²) in [5.74, 6) is -0.440. The maximum atomic E-state index is 14.2. The van der Waals surface area contributed by atoms with E-state index in [0.717, 1.165) is 0 Å². The van der Waals surface area contributed by atoms with Crippen molar-refractivity contribution < 1.29 is 9.50 Å². The molecule has 0 aliphatic rings. The van der Waals surface area contributed by atoms with Crippen molar-refractivity contribution in [2.75, 3.05) is 5.73 Å². The average Bonchev–Trinajstić information content (AvgIpc) is 2.50. The first-order valence-corrected chi connectivity index (χ1v) is 7.28. The Kier molecular flexibility index (Phi) is 4.07. The van der Waals surface area contributed by atoms with Gasteiger partial charge < -0.3 is 10.8 Å². The molecule has 0 spiro atoms. The normalized spacial score (nSPS) is 10.7. The topological polar surface area (TPSA) is 72.0 Å². The summed E-state index contributed by atoms with van der Waals surface area (Å²) in [4.78, 5) is 8.42. The van der Waals surface area contributed by atoms with Gasteiger partial charge in [-0.15, -0.1) is 0 Å². The first-order chi connectivity index (χ1) is 11.0. The van der Waals surface area contributed by atoms with Crippen molar-refractivity contribution in [1.29, 1.82) is 0 Å². The third-order valence-electron chi connectivity index (χ3n) is 3.20. The molecule has 0 fully saturated rings. The van der Waals surface area contributed by atoms with Gasteiger partial charge >= 0.3 is 0 Å². The molecule has 7 heteroatoms. The van der Waals surface area contributed by atoms with E-state index < -0.39 is 5.82 Å². The molecule has 2 aromatic carbocycles. The first kappa shape index (κ1) is 15.5. The van der Waals surface area contributed by atoms with Crippen LogP contribution in [0.5, 0.6) is 5.75 Å². The van der Waals surface area contributed by atoms with Crippen LogP contribution in [0.15, 0.2) is 42.6 Å². The van der Waals surface area contributed by atoms with E-state index in [1.165, 1.54) is 30.5 Å². The van der Waals surface area contributed by atoms with Gasteiger partial charge in [0.05, 0.1) is 16.9 Å². The minimum atomic E-state index is -0.538. The number of benzene rings is 2. The van der Waals surface area contributed by atoms with Gasteiger partial charge in [-0.1, -0.05) is 23.2 Å². The molecule has 0 unspecified atom stereocenters. The quantitative estimate of drug-likeness (QED) is 0.712. The number of hydrogen-bond acceptors (Lipinski definition) is 4. The third kappa shape index (κ3) is 3.06. The lowest BCUT2D eigenvalue weighted by atomic mass is 10.0. The molecule has 3 N–H and O–H groups in total. The number of halogens is 3. The minimum Gasteiger partial charge on any atom is -0.506 e. The molecule has 0 saturated heterocycles. The molecule has 4 nitrogen and oxygen atoms in total. The van der Waals surface area contributed by atoms with Crippen molar-refractivity contribution in [3.05, 3.63) is 58.5 Å². The largest absolute Gasteiger partial charge is 0.506 e. The molecule has 0 radical (unpaired) electrons. The predicted molar refractivity (Wildman–Crippen MR) is 89.0 cm³/mol. The van der Waals surface area contributed by atoms with Gasteiger partial charge in [0.1, 0.15) is 23.1 Å². The van der Waals surface area contributed by atoms with Crippen LogP contribution in [0.3, 0.4) is 0 Å². The molecule has 1 heterocycles. The molecule has 3 rings (SSSR count). The Morgan fingerprint density at radius 3 is 2.52 bits per heavy atom. The third-order valence-corrected chi connectivity index (χ3v) is 3.74. The van der Waals surface area contributed by atoms with Gasteiger partial charge in [-0.3, -0.25) is 4.98 Å². The van der Waals surface area contributed by atoms with Crippen LogP contribution in [0, 0.1) is 5.82 Å². The number of phenols is 1. The molecular formula is C16H10Cl2FN3O. The number of anilines is 1. The van der Waals surface area contributed by atoms with Crippen LogP contribution in [-0.2, 0) is 0 Å². The van der Waals surface area contributed by atoms with Crippen molar-refractivity contribution in [2.45, 2.75) is 0 Å². The fourth-order valence-electron chi connectivity index (χ4n) is 2.14. The summed E-state index contributed by atoms with van der Waals surface area (Å²) < 4.78 is 14.2. The van der Waals surface area contributed by atoms with E-state index in [4.69, 9.17) is 28.9 Å². The minimum absolute atomic E-state index is 0.0574. The highest BCUT2D eigenvalue weighted by atomic mass is 35.5. The molecule has 0 aliphatic heterocycles. The molecular weight excluding hydrogens is 340 g/mol. The first-order valence-electron chi connectivity index (χ1n) is 6.52. The van der Waals surface area contributed by atoms with Crippen LogP contribution in [0.4, 0.5) is 10.2 Å². The van der Waals surface area contributed by atoms with Crippen LogP contribution in [0.2, 0.25) is 10.0 Å². The Labute approximate surface area is 141 Å². The van der Waals surface area contributed by atoms with Gasteiger partial charge in [-0.2, -0.15) is 0 Å². The maximum Gasteiger partial charge on any atom is 0.142 e. The molecule has 0 atom stereocenters. The van der Waals surface area contributed by atoms with Crippen LogP contribution in [-0.4, -0.2) is 15.1 Å². The standard InChI is InChI=1S/C16H10Cl2FN3O/c17-9-2-3-10(12(19)6-9)16-15(21-7-14(20)22-16)8-1-4-13(23)11(18)5-8/h1-7,23H,(H2,20,22). The highest BCUT2D eigenvalue weighted by Crippen LogP contribution is 2.35. The number of aromatic nitrogens is 2. The lowest BCUT2D eigenvalue weighted by Gasteiger charge is -2.11. The molecule has 23 heavy (non-hydrogen) atoms. The van der Waals surface area contributed by atoms with E-state index in [2.05, 4.69) is 9.97 Å². The van der Waals surface area contributed by atoms with E-state index in [9.17, 15) is 9.50 Å². The van der Waals surface area contributed by atoms with Crippen molar-refractivity contribution in [1.82, 2.24) is 9.97 Å². The van der Waals surface area contributed by atoms with Gasteiger partial charge in [0, 0.05) is 16.1 Å². The van der Waals surface area contributed by atoms with Crippen molar-refractivity contribution >= 4 is 29.0 Å². The molecule has 0 saturated carbocycles. The smallest absolute Gasteiger partial charge is 0.142 e. The zero-order valence-corrected chi connectivity index (χ0v) is 13.1. The lowest BCUT2D eigenvalue weighted by Crippen LogP contribution is -1.99. The lowest BCUT2D eigenvalue weighted by molar-refractivity contribution is 0.475. The highest BCUT2D eigenvalue weighted by Gasteiger charge is 2.16. The van der Waals surface area contributed by atoms with E-state index >= 15 is 0 Å². The summed E-state index contributed by atoms with van der Waals surface area (Å²) in [6, 6.07) is 8.81. The molecule has 1 aromatic heterocycles. The van der Waals surface area contributed by atoms with Gasteiger partial charge in [-0.25, -0.2) is 9.37 Å². The van der Waals surface area contributed by atoms with Crippen LogP contribution in [0.25, 0.3) is 22.5 Å². The SMILES string of the molecule is Nc1cnc(-c2ccc(O)c(Cl)c2)c(-c2ccc(Cl)cc2F)n1. The molecule has 0 amide bonds. The van der Waals surface area contributed by atoms with E-state index in [1.807, 2.05) is 0 Å². The van der Waals surface area contributed by atoms with E-state index in [-0.39, 0.29) is 32.9 Å². The number of hydrogen-bond donors (Lipinski definition) is 2. The highest BCUT2D eigenvalue weighted by molar-refractivity contribution is 6.32. The monoisotopic (exact) mass is 349 g/mol. The number of phenolic OH excluding ortho intramolecular Hbond substituents is 1. The fraction of sp³-hybridized carbons (Fsp3) is 0. The molecule has 116 valence electrons. The second kappa shape index (κ2) is 6.02. The van der Waals surface area contributed by atoms with Crippen LogP contribution in [0.1, 0.15) is 0 Å². The Hall–Kier alpha value is -2.37. The van der Waals surface area contributed by atoms with Gasteiger partial charge in [0.15, 0.2) is 0 Å².